The normalized spacial score (nSPS) is 11.0. The molecule has 0 amide bonds. The van der Waals surface area contributed by atoms with Crippen LogP contribution >= 0.6 is 0 Å². The van der Waals surface area contributed by atoms with Gasteiger partial charge in [0.15, 0.2) is 0 Å². The molecule has 0 saturated heterocycles. The predicted molar refractivity (Wildman–Crippen MR) is 76.0 cm³/mol. The van der Waals surface area contributed by atoms with Crippen molar-refractivity contribution in [2.45, 2.75) is 4.90 Å². The molecule has 22 heavy (non-hydrogen) atoms. The molecule has 0 bridgehead atoms. The van der Waals surface area contributed by atoms with Crippen LogP contribution in [0, 0.1) is 10.1 Å². The first-order valence-corrected chi connectivity index (χ1v) is 7.33. The van der Waals surface area contributed by atoms with E-state index < -0.39 is 25.6 Å². The second-order valence-electron chi connectivity index (χ2n) is 4.14. The van der Waals surface area contributed by atoms with Gasteiger partial charge < -0.3 is 9.47 Å². The summed E-state index contributed by atoms with van der Waals surface area (Å²) in [5.74, 6) is 0.629. The van der Waals surface area contributed by atoms with E-state index in [9.17, 15) is 23.1 Å². The third-order valence-corrected chi connectivity index (χ3v) is 3.58. The number of nitro groups is 1. The predicted octanol–water partition coefficient (Wildman–Crippen LogP) is 2.64. The molecule has 0 unspecified atom stereocenters. The zero-order chi connectivity index (χ0) is 16.3. The SMILES string of the molecule is COc1ccc(Oc2ccc([N+](=O)[O-])cc2S(=O)(=O)O)cc1. The minimum absolute atomic E-state index is 0.224. The Bertz CT molecular complexity index is 800. The Morgan fingerprint density at radius 3 is 2.18 bits per heavy atom. The average Bonchev–Trinajstić information content (AvgIpc) is 2.47. The highest BCUT2D eigenvalue weighted by molar-refractivity contribution is 7.86. The Labute approximate surface area is 125 Å². The van der Waals surface area contributed by atoms with E-state index in [0.29, 0.717) is 5.75 Å². The van der Waals surface area contributed by atoms with Gasteiger partial charge in [-0.3, -0.25) is 14.7 Å². The van der Waals surface area contributed by atoms with Crippen molar-refractivity contribution in [2.24, 2.45) is 0 Å². The molecule has 8 nitrogen and oxygen atoms in total. The summed E-state index contributed by atoms with van der Waals surface area (Å²) in [5.41, 5.74) is -0.477. The van der Waals surface area contributed by atoms with Crippen molar-refractivity contribution in [3.63, 3.8) is 0 Å². The lowest BCUT2D eigenvalue weighted by Gasteiger charge is -2.09. The summed E-state index contributed by atoms with van der Waals surface area (Å²) in [6, 6.07) is 9.14. The van der Waals surface area contributed by atoms with Crippen LogP contribution in [0.25, 0.3) is 0 Å². The third kappa shape index (κ3) is 3.51. The second-order valence-corrected chi connectivity index (χ2v) is 5.53. The van der Waals surface area contributed by atoms with Crippen molar-refractivity contribution >= 4 is 15.8 Å². The molecule has 0 aromatic heterocycles. The topological polar surface area (TPSA) is 116 Å². The molecule has 2 aromatic rings. The van der Waals surface area contributed by atoms with Gasteiger partial charge in [0.2, 0.25) is 0 Å². The number of non-ortho nitro benzene ring substituents is 1. The van der Waals surface area contributed by atoms with Gasteiger partial charge in [-0.25, -0.2) is 0 Å². The fraction of sp³-hybridized carbons (Fsp3) is 0.0769. The standard InChI is InChI=1S/C13H11NO7S/c1-20-10-3-5-11(6-4-10)21-12-7-2-9(14(15)16)8-13(12)22(17,18)19/h2-8H,1H3,(H,17,18,19). The smallest absolute Gasteiger partial charge is 0.298 e. The Morgan fingerprint density at radius 1 is 1.09 bits per heavy atom. The van der Waals surface area contributed by atoms with Crippen LogP contribution in [0.15, 0.2) is 47.4 Å². The van der Waals surface area contributed by atoms with Crippen molar-refractivity contribution in [2.75, 3.05) is 7.11 Å². The van der Waals surface area contributed by atoms with Crippen LogP contribution in [0.5, 0.6) is 17.2 Å². The van der Waals surface area contributed by atoms with Gasteiger partial charge in [-0.05, 0) is 30.3 Å². The second kappa shape index (κ2) is 6.00. The van der Waals surface area contributed by atoms with E-state index in [1.54, 1.807) is 12.1 Å². The molecule has 0 heterocycles. The molecule has 0 saturated carbocycles. The lowest BCUT2D eigenvalue weighted by Crippen LogP contribution is -2.02. The minimum atomic E-state index is -4.68. The summed E-state index contributed by atoms with van der Waals surface area (Å²) in [6.45, 7) is 0. The highest BCUT2D eigenvalue weighted by Crippen LogP contribution is 2.32. The van der Waals surface area contributed by atoms with Gasteiger partial charge >= 0.3 is 0 Å². The minimum Gasteiger partial charge on any atom is -0.497 e. The van der Waals surface area contributed by atoms with Crippen LogP contribution in [-0.4, -0.2) is 25.0 Å². The van der Waals surface area contributed by atoms with Crippen molar-refractivity contribution < 1.29 is 27.4 Å². The number of benzene rings is 2. The fourth-order valence-corrected chi connectivity index (χ4v) is 2.30. The largest absolute Gasteiger partial charge is 0.497 e. The molecule has 2 aromatic carbocycles. The van der Waals surface area contributed by atoms with Gasteiger partial charge in [-0.15, -0.1) is 0 Å². The van der Waals surface area contributed by atoms with Gasteiger partial charge in [0.25, 0.3) is 15.8 Å². The van der Waals surface area contributed by atoms with Crippen LogP contribution in [0.2, 0.25) is 0 Å². The van der Waals surface area contributed by atoms with Gasteiger partial charge in [-0.1, -0.05) is 0 Å². The highest BCUT2D eigenvalue weighted by Gasteiger charge is 2.21. The average molecular weight is 325 g/mol. The molecule has 0 spiro atoms. The number of hydrogen-bond donors (Lipinski definition) is 1. The van der Waals surface area contributed by atoms with Crippen LogP contribution in [0.4, 0.5) is 5.69 Å². The zero-order valence-corrected chi connectivity index (χ0v) is 12.1. The molecule has 1 N–H and O–H groups in total. The van der Waals surface area contributed by atoms with E-state index in [4.69, 9.17) is 9.47 Å². The van der Waals surface area contributed by atoms with Crippen LogP contribution in [0.1, 0.15) is 0 Å². The number of nitrogens with zero attached hydrogens (tertiary/aromatic N) is 1. The number of methoxy groups -OCH3 is 1. The molecule has 116 valence electrons. The maximum atomic E-state index is 11.4. The first kappa shape index (κ1) is 15.7. The molecule has 0 aliphatic carbocycles. The van der Waals surface area contributed by atoms with Crippen molar-refractivity contribution in [1.29, 1.82) is 0 Å². The van der Waals surface area contributed by atoms with E-state index in [1.807, 2.05) is 0 Å². The lowest BCUT2D eigenvalue weighted by atomic mass is 10.3. The zero-order valence-electron chi connectivity index (χ0n) is 11.3. The molecule has 9 heteroatoms. The highest BCUT2D eigenvalue weighted by atomic mass is 32.2. The Kier molecular flexibility index (Phi) is 4.29. The van der Waals surface area contributed by atoms with Gasteiger partial charge in [0, 0.05) is 12.1 Å². The number of nitro benzene ring substituents is 1. The monoisotopic (exact) mass is 325 g/mol. The number of hydrogen-bond acceptors (Lipinski definition) is 6. The molecular formula is C13H11NO7S. The van der Waals surface area contributed by atoms with Crippen molar-refractivity contribution in [3.8, 4) is 17.2 Å². The fourth-order valence-electron chi connectivity index (χ4n) is 1.67. The summed E-state index contributed by atoms with van der Waals surface area (Å²) in [7, 11) is -3.19. The van der Waals surface area contributed by atoms with E-state index in [2.05, 4.69) is 0 Å². The van der Waals surface area contributed by atoms with Crippen molar-refractivity contribution in [1.82, 2.24) is 0 Å². The Morgan fingerprint density at radius 2 is 1.68 bits per heavy atom. The van der Waals surface area contributed by atoms with Gasteiger partial charge in [0.05, 0.1) is 12.0 Å². The first-order valence-electron chi connectivity index (χ1n) is 5.89. The lowest BCUT2D eigenvalue weighted by molar-refractivity contribution is -0.385. The molecule has 0 aliphatic heterocycles. The summed E-state index contributed by atoms with van der Waals surface area (Å²) >= 11 is 0. The van der Waals surface area contributed by atoms with Gasteiger partial charge in [0.1, 0.15) is 22.1 Å². The first-order chi connectivity index (χ1) is 10.3. The van der Waals surface area contributed by atoms with Gasteiger partial charge in [-0.2, -0.15) is 8.42 Å². The quantitative estimate of drug-likeness (QED) is 0.510. The molecule has 0 radical (unpaired) electrons. The Hall–Kier alpha value is -2.65. The molecule has 2 rings (SSSR count). The van der Waals surface area contributed by atoms with Crippen LogP contribution in [0.3, 0.4) is 0 Å². The van der Waals surface area contributed by atoms with E-state index in [-0.39, 0.29) is 11.5 Å². The number of ether oxygens (including phenoxy) is 2. The van der Waals surface area contributed by atoms with Crippen LogP contribution in [-0.2, 0) is 10.1 Å². The Balaban J connectivity index is 2.43. The van der Waals surface area contributed by atoms with E-state index >= 15 is 0 Å². The third-order valence-electron chi connectivity index (χ3n) is 2.70. The molecular weight excluding hydrogens is 314 g/mol. The molecule has 0 fully saturated rings. The van der Waals surface area contributed by atoms with E-state index in [1.165, 1.54) is 19.2 Å². The van der Waals surface area contributed by atoms with Crippen LogP contribution < -0.4 is 9.47 Å². The maximum absolute atomic E-state index is 11.4. The van der Waals surface area contributed by atoms with E-state index in [0.717, 1.165) is 18.2 Å². The molecule has 0 aliphatic rings. The van der Waals surface area contributed by atoms with Crippen molar-refractivity contribution in [3.05, 3.63) is 52.6 Å². The maximum Gasteiger partial charge on any atom is 0.298 e. The summed E-state index contributed by atoms with van der Waals surface area (Å²) in [4.78, 5) is 9.24. The molecule has 0 atom stereocenters. The summed E-state index contributed by atoms with van der Waals surface area (Å²) in [6.07, 6.45) is 0. The summed E-state index contributed by atoms with van der Waals surface area (Å²) in [5, 5.41) is 10.7. The number of rotatable bonds is 5. The summed E-state index contributed by atoms with van der Waals surface area (Å²) < 4.78 is 42.2.